The maximum absolute atomic E-state index is 13.3. The summed E-state index contributed by atoms with van der Waals surface area (Å²) in [5.74, 6) is 1.26. The van der Waals surface area contributed by atoms with Crippen molar-refractivity contribution in [1.82, 2.24) is 9.97 Å². The lowest BCUT2D eigenvalue weighted by atomic mass is 10.1. The first kappa shape index (κ1) is 20.3. The zero-order valence-corrected chi connectivity index (χ0v) is 17.7. The highest BCUT2D eigenvalue weighted by Gasteiger charge is 2.27. The van der Waals surface area contributed by atoms with Gasteiger partial charge in [-0.05, 0) is 43.2 Å². The number of hydrogen-bond donors (Lipinski definition) is 0. The smallest absolute Gasteiger partial charge is 0.261 e. The molecule has 0 bridgehead atoms. The third-order valence-corrected chi connectivity index (χ3v) is 5.83. The average Bonchev–Trinajstić information content (AvgIpc) is 3.49. The molecular weight excluding hydrogens is 402 g/mol. The van der Waals surface area contributed by atoms with E-state index in [0.717, 1.165) is 30.7 Å². The highest BCUT2D eigenvalue weighted by Crippen LogP contribution is 2.36. The number of nitrogens with zero attached hydrogens (tertiary/aromatic N) is 3. The van der Waals surface area contributed by atoms with Gasteiger partial charge in [-0.1, -0.05) is 0 Å². The van der Waals surface area contributed by atoms with Crippen LogP contribution in [0.4, 0.5) is 5.13 Å². The van der Waals surface area contributed by atoms with Gasteiger partial charge in [-0.2, -0.15) is 0 Å². The molecule has 8 heteroatoms. The lowest BCUT2D eigenvalue weighted by Crippen LogP contribution is -2.37. The fourth-order valence-corrected chi connectivity index (χ4v) is 4.24. The molecule has 0 spiro atoms. The monoisotopic (exact) mass is 425 g/mol. The van der Waals surface area contributed by atoms with Crippen molar-refractivity contribution < 1.29 is 19.0 Å². The van der Waals surface area contributed by atoms with Crippen LogP contribution in [0.25, 0.3) is 11.3 Å². The molecular formula is C22H23N3O4S. The van der Waals surface area contributed by atoms with Gasteiger partial charge in [-0.25, -0.2) is 4.98 Å². The number of anilines is 1. The van der Waals surface area contributed by atoms with Crippen LogP contribution in [0.1, 0.15) is 23.2 Å². The Morgan fingerprint density at radius 3 is 2.90 bits per heavy atom. The molecule has 4 rings (SSSR count). The van der Waals surface area contributed by atoms with Crippen molar-refractivity contribution in [2.24, 2.45) is 0 Å². The van der Waals surface area contributed by atoms with E-state index in [4.69, 9.17) is 19.2 Å². The summed E-state index contributed by atoms with van der Waals surface area (Å²) in [6.07, 6.45) is 5.16. The molecule has 1 aliphatic heterocycles. The SMILES string of the molecule is COc1ccc(OC)c(-c2csc(N(CC3CCCO3)C(=O)c3cccnc3)n2)c1. The molecule has 156 valence electrons. The first-order valence-corrected chi connectivity index (χ1v) is 10.6. The maximum atomic E-state index is 13.3. The van der Waals surface area contributed by atoms with Crippen molar-refractivity contribution in [3.8, 4) is 22.8 Å². The topological polar surface area (TPSA) is 73.8 Å². The molecule has 3 aromatic rings. The molecule has 1 atom stereocenters. The van der Waals surface area contributed by atoms with Crippen molar-refractivity contribution in [3.63, 3.8) is 0 Å². The van der Waals surface area contributed by atoms with Gasteiger partial charge in [-0.3, -0.25) is 14.7 Å². The van der Waals surface area contributed by atoms with E-state index in [9.17, 15) is 4.79 Å². The third-order valence-electron chi connectivity index (χ3n) is 4.97. The van der Waals surface area contributed by atoms with Crippen molar-refractivity contribution in [3.05, 3.63) is 53.7 Å². The van der Waals surface area contributed by atoms with Gasteiger partial charge in [0, 0.05) is 29.9 Å². The van der Waals surface area contributed by atoms with E-state index in [1.807, 2.05) is 23.6 Å². The lowest BCUT2D eigenvalue weighted by Gasteiger charge is -2.23. The predicted octanol–water partition coefficient (Wildman–Crippen LogP) is 4.05. The van der Waals surface area contributed by atoms with Gasteiger partial charge in [-0.15, -0.1) is 11.3 Å². The number of amides is 1. The summed E-state index contributed by atoms with van der Waals surface area (Å²) in [5, 5.41) is 2.53. The van der Waals surface area contributed by atoms with E-state index in [1.54, 1.807) is 43.6 Å². The van der Waals surface area contributed by atoms with Crippen LogP contribution in [0, 0.1) is 0 Å². The number of thiazole rings is 1. The Labute approximate surface area is 179 Å². The van der Waals surface area contributed by atoms with E-state index >= 15 is 0 Å². The van der Waals surface area contributed by atoms with Crippen LogP contribution >= 0.6 is 11.3 Å². The summed E-state index contributed by atoms with van der Waals surface area (Å²) >= 11 is 1.41. The number of hydrogen-bond acceptors (Lipinski definition) is 7. The van der Waals surface area contributed by atoms with Crippen molar-refractivity contribution in [2.45, 2.75) is 18.9 Å². The summed E-state index contributed by atoms with van der Waals surface area (Å²) in [4.78, 5) is 23.8. The summed E-state index contributed by atoms with van der Waals surface area (Å²) < 4.78 is 16.6. The van der Waals surface area contributed by atoms with Crippen LogP contribution in [-0.4, -0.2) is 49.4 Å². The summed E-state index contributed by atoms with van der Waals surface area (Å²) in [7, 11) is 3.24. The molecule has 1 aromatic carbocycles. The zero-order valence-electron chi connectivity index (χ0n) is 16.9. The van der Waals surface area contributed by atoms with Crippen molar-refractivity contribution >= 4 is 22.4 Å². The molecule has 1 fully saturated rings. The zero-order chi connectivity index (χ0) is 20.9. The van der Waals surface area contributed by atoms with Crippen LogP contribution in [0.15, 0.2) is 48.1 Å². The second-order valence-corrected chi connectivity index (χ2v) is 7.71. The minimum atomic E-state index is -0.142. The van der Waals surface area contributed by atoms with Crippen LogP contribution in [0.5, 0.6) is 11.5 Å². The maximum Gasteiger partial charge on any atom is 0.261 e. The Morgan fingerprint density at radius 2 is 2.20 bits per heavy atom. The second kappa shape index (κ2) is 9.23. The summed E-state index contributed by atoms with van der Waals surface area (Å²) in [5.41, 5.74) is 2.05. The molecule has 0 N–H and O–H groups in total. The molecule has 0 saturated carbocycles. The van der Waals surface area contributed by atoms with Crippen molar-refractivity contribution in [2.75, 3.05) is 32.3 Å². The summed E-state index contributed by atoms with van der Waals surface area (Å²) in [6, 6.07) is 9.08. The van der Waals surface area contributed by atoms with E-state index < -0.39 is 0 Å². The highest BCUT2D eigenvalue weighted by atomic mass is 32.1. The second-order valence-electron chi connectivity index (χ2n) is 6.87. The summed E-state index contributed by atoms with van der Waals surface area (Å²) in [6.45, 7) is 1.18. The van der Waals surface area contributed by atoms with Crippen LogP contribution in [0.2, 0.25) is 0 Å². The highest BCUT2D eigenvalue weighted by molar-refractivity contribution is 7.14. The van der Waals surface area contributed by atoms with E-state index in [2.05, 4.69) is 4.98 Å². The quantitative estimate of drug-likeness (QED) is 0.569. The Hall–Kier alpha value is -2.97. The predicted molar refractivity (Wildman–Crippen MR) is 116 cm³/mol. The Morgan fingerprint density at radius 1 is 1.30 bits per heavy atom. The number of methoxy groups -OCH3 is 2. The number of ether oxygens (including phenoxy) is 3. The number of pyridine rings is 1. The Bertz CT molecular complexity index is 1000. The average molecular weight is 426 g/mol. The van der Waals surface area contributed by atoms with Gasteiger partial charge in [0.05, 0.1) is 38.1 Å². The molecule has 30 heavy (non-hydrogen) atoms. The fraction of sp³-hybridized carbons (Fsp3) is 0.318. The van der Waals surface area contributed by atoms with Crippen molar-refractivity contribution in [1.29, 1.82) is 0 Å². The van der Waals surface area contributed by atoms with Gasteiger partial charge in [0.15, 0.2) is 5.13 Å². The van der Waals surface area contributed by atoms with Crippen LogP contribution in [-0.2, 0) is 4.74 Å². The van der Waals surface area contributed by atoms with E-state index in [-0.39, 0.29) is 12.0 Å². The van der Waals surface area contributed by atoms with Gasteiger partial charge >= 0.3 is 0 Å². The molecule has 7 nitrogen and oxygen atoms in total. The minimum Gasteiger partial charge on any atom is -0.497 e. The first-order valence-electron chi connectivity index (χ1n) is 9.71. The number of rotatable bonds is 7. The van der Waals surface area contributed by atoms with Gasteiger partial charge in [0.2, 0.25) is 0 Å². The van der Waals surface area contributed by atoms with E-state index in [1.165, 1.54) is 11.3 Å². The third kappa shape index (κ3) is 4.29. The fourth-order valence-electron chi connectivity index (χ4n) is 3.41. The standard InChI is InChI=1S/C22H23N3O4S/c1-27-16-7-8-20(28-2)18(11-16)19-14-30-22(24-19)25(13-17-6-4-10-29-17)21(26)15-5-3-9-23-12-15/h3,5,7-9,11-12,14,17H,4,6,10,13H2,1-2H3. The number of carbonyl (C=O) groups is 1. The largest absolute Gasteiger partial charge is 0.497 e. The molecule has 3 heterocycles. The Kier molecular flexibility index (Phi) is 6.25. The number of carbonyl (C=O) groups excluding carboxylic acids is 1. The molecule has 0 radical (unpaired) electrons. The molecule has 1 saturated heterocycles. The Balaban J connectivity index is 1.68. The molecule has 2 aromatic heterocycles. The van der Waals surface area contributed by atoms with Gasteiger partial charge < -0.3 is 14.2 Å². The van der Waals surface area contributed by atoms with E-state index in [0.29, 0.717) is 28.7 Å². The molecule has 1 amide bonds. The normalized spacial score (nSPS) is 15.7. The molecule has 1 aliphatic rings. The van der Waals surface area contributed by atoms with Gasteiger partial charge in [0.1, 0.15) is 11.5 Å². The number of aromatic nitrogens is 2. The first-order chi connectivity index (χ1) is 14.7. The molecule has 0 aliphatic carbocycles. The van der Waals surface area contributed by atoms with Gasteiger partial charge in [0.25, 0.3) is 5.91 Å². The minimum absolute atomic E-state index is 0.00401. The van der Waals surface area contributed by atoms with Crippen LogP contribution in [0.3, 0.4) is 0 Å². The van der Waals surface area contributed by atoms with Crippen LogP contribution < -0.4 is 14.4 Å². The number of benzene rings is 1. The lowest BCUT2D eigenvalue weighted by molar-refractivity contribution is 0.0917. The molecule has 1 unspecified atom stereocenters.